The molecule has 1 atom stereocenters. The van der Waals surface area contributed by atoms with Gasteiger partial charge in [-0.2, -0.15) is 0 Å². The summed E-state index contributed by atoms with van der Waals surface area (Å²) in [5, 5.41) is 2.94. The highest BCUT2D eigenvalue weighted by Gasteiger charge is 2.36. The first kappa shape index (κ1) is 30.8. The summed E-state index contributed by atoms with van der Waals surface area (Å²) in [7, 11) is 5.82. The number of nitrogens with one attached hydrogen (secondary N) is 1. The molecule has 0 spiro atoms. The lowest BCUT2D eigenvalue weighted by atomic mass is 9.99. The van der Waals surface area contributed by atoms with Gasteiger partial charge >= 0.3 is 6.16 Å². The summed E-state index contributed by atoms with van der Waals surface area (Å²) in [4.78, 5) is 41.3. The summed E-state index contributed by atoms with van der Waals surface area (Å²) in [5.74, 6) is 0.816. The minimum Gasteiger partial charge on any atom is -0.497 e. The van der Waals surface area contributed by atoms with Crippen LogP contribution in [0.1, 0.15) is 41.4 Å². The molecule has 3 aromatic carbocycles. The van der Waals surface area contributed by atoms with Crippen LogP contribution in [0.15, 0.2) is 72.8 Å². The largest absolute Gasteiger partial charge is 0.508 e. The fourth-order valence-corrected chi connectivity index (χ4v) is 4.19. The van der Waals surface area contributed by atoms with Crippen LogP contribution in [0.3, 0.4) is 0 Å². The van der Waals surface area contributed by atoms with Gasteiger partial charge < -0.3 is 33.9 Å². The Morgan fingerprint density at radius 1 is 0.829 bits per heavy atom. The lowest BCUT2D eigenvalue weighted by Crippen LogP contribution is -2.52. The van der Waals surface area contributed by atoms with E-state index in [0.29, 0.717) is 33.9 Å². The number of carbonyl (C=O) groups excluding carboxylic acids is 3. The van der Waals surface area contributed by atoms with E-state index < -0.39 is 29.6 Å². The predicted molar refractivity (Wildman–Crippen MR) is 152 cm³/mol. The average molecular weight is 565 g/mol. The van der Waals surface area contributed by atoms with Crippen molar-refractivity contribution >= 4 is 18.0 Å². The Bertz CT molecular complexity index is 1330. The minimum absolute atomic E-state index is 0.0318. The van der Waals surface area contributed by atoms with Crippen molar-refractivity contribution in [3.63, 3.8) is 0 Å². The number of hydrogen-bond donors (Lipinski definition) is 1. The van der Waals surface area contributed by atoms with Crippen LogP contribution in [0.4, 0.5) is 4.79 Å². The molecule has 0 aliphatic heterocycles. The van der Waals surface area contributed by atoms with Crippen molar-refractivity contribution in [3.05, 3.63) is 89.5 Å². The van der Waals surface area contributed by atoms with Crippen LogP contribution < -0.4 is 19.5 Å². The summed E-state index contributed by atoms with van der Waals surface area (Å²) >= 11 is 0. The Labute approximate surface area is 240 Å². The van der Waals surface area contributed by atoms with Crippen LogP contribution in [0.5, 0.6) is 17.2 Å². The van der Waals surface area contributed by atoms with E-state index >= 15 is 0 Å². The zero-order valence-corrected chi connectivity index (χ0v) is 24.1. The first-order chi connectivity index (χ1) is 19.6. The van der Waals surface area contributed by atoms with E-state index in [1.807, 2.05) is 6.07 Å². The highest BCUT2D eigenvalue weighted by molar-refractivity contribution is 5.98. The van der Waals surface area contributed by atoms with E-state index in [2.05, 4.69) is 10.1 Å². The molecule has 218 valence electrons. The van der Waals surface area contributed by atoms with E-state index in [9.17, 15) is 14.4 Å². The Morgan fingerprint density at radius 3 is 2.05 bits per heavy atom. The van der Waals surface area contributed by atoms with Crippen molar-refractivity contribution in [2.24, 2.45) is 0 Å². The number of hydrogen-bond acceptors (Lipinski definition) is 8. The van der Waals surface area contributed by atoms with Gasteiger partial charge in [-0.05, 0) is 55.8 Å². The fourth-order valence-electron chi connectivity index (χ4n) is 4.19. The van der Waals surface area contributed by atoms with Gasteiger partial charge in [0.15, 0.2) is 0 Å². The molecule has 0 radical (unpaired) electrons. The molecular formula is C31H36N2O8. The molecule has 10 heteroatoms. The predicted octanol–water partition coefficient (Wildman–Crippen LogP) is 4.77. The number of rotatable bonds is 12. The summed E-state index contributed by atoms with van der Waals surface area (Å²) in [6.45, 7) is 3.30. The van der Waals surface area contributed by atoms with Crippen molar-refractivity contribution in [2.75, 3.05) is 35.0 Å². The standard InChI is InChI=1S/C31H36N2O8/c1-31(2,20-41-30(36)40-6)32-28(34)27(21-10-8-7-9-11-21)33(29(35)22-12-15-24(37-3)16-13-22)19-23-14-17-25(38-4)18-26(23)39-5/h7-18,27H,19-20H2,1-6H3,(H,32,34). The van der Waals surface area contributed by atoms with Crippen LogP contribution in [0, 0.1) is 0 Å². The van der Waals surface area contributed by atoms with Gasteiger partial charge in [0.05, 0.1) is 40.5 Å². The molecule has 3 rings (SSSR count). The molecule has 0 heterocycles. The molecule has 0 aliphatic rings. The molecule has 0 saturated heterocycles. The van der Waals surface area contributed by atoms with Crippen molar-refractivity contribution < 1.29 is 38.1 Å². The Hall–Kier alpha value is -4.73. The molecule has 41 heavy (non-hydrogen) atoms. The fraction of sp³-hybridized carbons (Fsp3) is 0.323. The van der Waals surface area contributed by atoms with Crippen molar-refractivity contribution in [1.82, 2.24) is 10.2 Å². The second kappa shape index (κ2) is 14.1. The summed E-state index contributed by atoms with van der Waals surface area (Å²) in [5.41, 5.74) is 0.631. The van der Waals surface area contributed by atoms with Gasteiger partial charge in [0, 0.05) is 17.2 Å². The summed E-state index contributed by atoms with van der Waals surface area (Å²) in [6.07, 6.45) is -0.866. The van der Waals surface area contributed by atoms with Gasteiger partial charge in [-0.3, -0.25) is 9.59 Å². The minimum atomic E-state index is -1.06. The van der Waals surface area contributed by atoms with Crippen LogP contribution in [-0.2, 0) is 20.8 Å². The third-order valence-electron chi connectivity index (χ3n) is 6.29. The van der Waals surface area contributed by atoms with Crippen LogP contribution in [0.25, 0.3) is 0 Å². The number of benzene rings is 3. The molecule has 0 aliphatic carbocycles. The van der Waals surface area contributed by atoms with Crippen molar-refractivity contribution in [1.29, 1.82) is 0 Å². The van der Waals surface area contributed by atoms with Gasteiger partial charge in [0.25, 0.3) is 5.91 Å². The Balaban J connectivity index is 2.09. The van der Waals surface area contributed by atoms with Gasteiger partial charge in [-0.25, -0.2) is 4.79 Å². The number of amides is 2. The molecule has 3 aromatic rings. The topological polar surface area (TPSA) is 113 Å². The van der Waals surface area contributed by atoms with Crippen molar-refractivity contribution in [3.8, 4) is 17.2 Å². The first-order valence-corrected chi connectivity index (χ1v) is 12.9. The number of ether oxygens (including phenoxy) is 5. The molecule has 1 unspecified atom stereocenters. The Morgan fingerprint density at radius 2 is 1.46 bits per heavy atom. The third kappa shape index (κ3) is 8.14. The molecule has 0 saturated carbocycles. The maximum atomic E-state index is 14.2. The lowest BCUT2D eigenvalue weighted by Gasteiger charge is -2.35. The summed E-state index contributed by atoms with van der Waals surface area (Å²) < 4.78 is 25.8. The second-order valence-corrected chi connectivity index (χ2v) is 9.77. The van der Waals surface area contributed by atoms with Crippen LogP contribution in [-0.4, -0.2) is 63.5 Å². The van der Waals surface area contributed by atoms with E-state index in [1.54, 1.807) is 94.8 Å². The second-order valence-electron chi connectivity index (χ2n) is 9.77. The zero-order valence-electron chi connectivity index (χ0n) is 24.1. The van der Waals surface area contributed by atoms with Crippen LogP contribution in [0.2, 0.25) is 0 Å². The third-order valence-corrected chi connectivity index (χ3v) is 6.29. The van der Waals surface area contributed by atoms with E-state index in [4.69, 9.17) is 18.9 Å². The van der Waals surface area contributed by atoms with Gasteiger partial charge in [0.2, 0.25) is 5.91 Å². The molecule has 2 amide bonds. The highest BCUT2D eigenvalue weighted by atomic mass is 16.7. The van der Waals surface area contributed by atoms with E-state index in [-0.39, 0.29) is 13.2 Å². The monoisotopic (exact) mass is 564 g/mol. The number of methoxy groups -OCH3 is 4. The SMILES string of the molecule is COC(=O)OCC(C)(C)NC(=O)C(c1ccccc1)N(Cc1ccc(OC)cc1OC)C(=O)c1ccc(OC)cc1. The van der Waals surface area contributed by atoms with Gasteiger partial charge in [-0.1, -0.05) is 30.3 Å². The highest BCUT2D eigenvalue weighted by Crippen LogP contribution is 2.31. The first-order valence-electron chi connectivity index (χ1n) is 12.9. The van der Waals surface area contributed by atoms with E-state index in [1.165, 1.54) is 19.1 Å². The Kier molecular flexibility index (Phi) is 10.6. The van der Waals surface area contributed by atoms with Crippen LogP contribution >= 0.6 is 0 Å². The quantitative estimate of drug-likeness (QED) is 0.313. The molecular weight excluding hydrogens is 528 g/mol. The zero-order chi connectivity index (χ0) is 30.0. The normalized spacial score (nSPS) is 11.6. The molecule has 1 N–H and O–H groups in total. The number of nitrogens with zero attached hydrogens (tertiary/aromatic N) is 1. The number of carbonyl (C=O) groups is 3. The van der Waals surface area contributed by atoms with Gasteiger partial charge in [0.1, 0.15) is 29.9 Å². The molecule has 0 fully saturated rings. The smallest absolute Gasteiger partial charge is 0.497 e. The summed E-state index contributed by atoms with van der Waals surface area (Å²) in [6, 6.07) is 19.9. The van der Waals surface area contributed by atoms with Gasteiger partial charge in [-0.15, -0.1) is 0 Å². The van der Waals surface area contributed by atoms with E-state index in [0.717, 1.165) is 0 Å². The van der Waals surface area contributed by atoms with Crippen molar-refractivity contribution in [2.45, 2.75) is 32.0 Å². The average Bonchev–Trinajstić information content (AvgIpc) is 2.99. The molecule has 0 aromatic heterocycles. The maximum absolute atomic E-state index is 14.2. The lowest BCUT2D eigenvalue weighted by molar-refractivity contribution is -0.128. The molecule has 10 nitrogen and oxygen atoms in total. The molecule has 0 bridgehead atoms. The maximum Gasteiger partial charge on any atom is 0.508 e.